The molecule has 1 heterocycles. The van der Waals surface area contributed by atoms with Gasteiger partial charge < -0.3 is 14.8 Å². The van der Waals surface area contributed by atoms with E-state index in [4.69, 9.17) is 14.6 Å². The van der Waals surface area contributed by atoms with E-state index in [1.807, 2.05) is 84.9 Å². The zero-order chi connectivity index (χ0) is 22.2. The number of nitrogens with zero attached hydrogens (tertiary/aromatic N) is 2. The molecule has 3 aromatic carbocycles. The highest BCUT2D eigenvalue weighted by atomic mass is 16.5. The second-order valence-corrected chi connectivity index (χ2v) is 7.21. The van der Waals surface area contributed by atoms with Gasteiger partial charge in [-0.3, -0.25) is 4.79 Å². The van der Waals surface area contributed by atoms with Gasteiger partial charge in [0.1, 0.15) is 18.1 Å². The lowest BCUT2D eigenvalue weighted by Gasteiger charge is -2.08. The average Bonchev–Trinajstić information content (AvgIpc) is 3.30. The van der Waals surface area contributed by atoms with Gasteiger partial charge in [0.25, 0.3) is 5.91 Å². The van der Waals surface area contributed by atoms with Crippen LogP contribution in [0.25, 0.3) is 16.9 Å². The van der Waals surface area contributed by atoms with Gasteiger partial charge in [0.05, 0.1) is 17.9 Å². The van der Waals surface area contributed by atoms with Crippen LogP contribution in [0.4, 0.5) is 0 Å². The molecule has 1 N–H and O–H groups in total. The van der Waals surface area contributed by atoms with Crippen molar-refractivity contribution in [3.8, 4) is 22.7 Å². The number of ether oxygens (including phenoxy) is 2. The summed E-state index contributed by atoms with van der Waals surface area (Å²) in [7, 11) is 1.64. The van der Waals surface area contributed by atoms with Crippen LogP contribution in [0.2, 0.25) is 0 Å². The number of hydrogen-bond acceptors (Lipinski definition) is 4. The van der Waals surface area contributed by atoms with Crippen molar-refractivity contribution in [1.29, 1.82) is 0 Å². The Kier molecular flexibility index (Phi) is 6.94. The van der Waals surface area contributed by atoms with Gasteiger partial charge in [-0.2, -0.15) is 5.10 Å². The molecule has 6 nitrogen and oxygen atoms in total. The van der Waals surface area contributed by atoms with E-state index in [-0.39, 0.29) is 5.91 Å². The largest absolute Gasteiger partial charge is 0.491 e. The fourth-order valence-electron chi connectivity index (χ4n) is 3.29. The van der Waals surface area contributed by atoms with Crippen LogP contribution in [0.5, 0.6) is 5.75 Å². The first-order chi connectivity index (χ1) is 15.7. The monoisotopic (exact) mass is 427 g/mol. The van der Waals surface area contributed by atoms with Crippen molar-refractivity contribution < 1.29 is 14.3 Å². The zero-order valence-electron chi connectivity index (χ0n) is 17.9. The SMILES string of the molecule is COCCOc1ccc(CNC(=O)c2cn(-c3ccccc3)nc2-c2ccccc2)cc1. The van der Waals surface area contributed by atoms with Crippen LogP contribution < -0.4 is 10.1 Å². The van der Waals surface area contributed by atoms with Gasteiger partial charge >= 0.3 is 0 Å². The molecule has 0 spiro atoms. The normalized spacial score (nSPS) is 10.7. The van der Waals surface area contributed by atoms with E-state index in [2.05, 4.69) is 5.32 Å². The number of rotatable bonds is 9. The molecule has 0 atom stereocenters. The maximum absolute atomic E-state index is 13.1. The van der Waals surface area contributed by atoms with Crippen LogP contribution in [0.15, 0.2) is 91.1 Å². The summed E-state index contributed by atoms with van der Waals surface area (Å²) in [6.07, 6.45) is 1.78. The topological polar surface area (TPSA) is 65.4 Å². The summed E-state index contributed by atoms with van der Waals surface area (Å²) in [5.74, 6) is 0.596. The summed E-state index contributed by atoms with van der Waals surface area (Å²) in [6, 6.07) is 27.1. The number of aromatic nitrogens is 2. The van der Waals surface area contributed by atoms with E-state index in [0.29, 0.717) is 31.0 Å². The van der Waals surface area contributed by atoms with Crippen LogP contribution >= 0.6 is 0 Å². The Morgan fingerprint density at radius 3 is 2.28 bits per heavy atom. The van der Waals surface area contributed by atoms with Gasteiger partial charge in [0.15, 0.2) is 0 Å². The van der Waals surface area contributed by atoms with Gasteiger partial charge in [0, 0.05) is 25.4 Å². The zero-order valence-corrected chi connectivity index (χ0v) is 17.9. The third-order valence-corrected chi connectivity index (χ3v) is 4.96. The molecule has 4 aromatic rings. The van der Waals surface area contributed by atoms with Crippen molar-refractivity contribution in [3.05, 3.63) is 102 Å². The van der Waals surface area contributed by atoms with E-state index < -0.39 is 0 Å². The number of carbonyl (C=O) groups is 1. The second-order valence-electron chi connectivity index (χ2n) is 7.21. The van der Waals surface area contributed by atoms with Gasteiger partial charge in [0.2, 0.25) is 0 Å². The Labute approximate surface area is 187 Å². The van der Waals surface area contributed by atoms with Crippen LogP contribution in [0.1, 0.15) is 15.9 Å². The molecule has 162 valence electrons. The van der Waals surface area contributed by atoms with Crippen molar-refractivity contribution >= 4 is 5.91 Å². The number of methoxy groups -OCH3 is 1. The molecule has 0 aliphatic heterocycles. The molecule has 0 fully saturated rings. The first kappa shape index (κ1) is 21.3. The molecule has 32 heavy (non-hydrogen) atoms. The van der Waals surface area contributed by atoms with Crippen molar-refractivity contribution in [2.45, 2.75) is 6.54 Å². The average molecular weight is 428 g/mol. The number of nitrogens with one attached hydrogen (secondary N) is 1. The molecule has 0 aliphatic carbocycles. The van der Waals surface area contributed by atoms with Crippen LogP contribution in [-0.2, 0) is 11.3 Å². The van der Waals surface area contributed by atoms with Crippen molar-refractivity contribution in [2.24, 2.45) is 0 Å². The van der Waals surface area contributed by atoms with E-state index >= 15 is 0 Å². The Morgan fingerprint density at radius 2 is 1.59 bits per heavy atom. The standard InChI is InChI=1S/C26H25N3O3/c1-31-16-17-32-23-14-12-20(13-15-23)18-27-26(30)24-19-29(22-10-6-3-7-11-22)28-25(24)21-8-4-2-5-9-21/h2-15,19H,16-18H2,1H3,(H,27,30). The molecule has 0 unspecified atom stereocenters. The maximum Gasteiger partial charge on any atom is 0.255 e. The first-order valence-corrected chi connectivity index (χ1v) is 10.4. The molecule has 0 bridgehead atoms. The van der Waals surface area contributed by atoms with Gasteiger partial charge in [-0.25, -0.2) is 4.68 Å². The Morgan fingerprint density at radius 1 is 0.906 bits per heavy atom. The fraction of sp³-hybridized carbons (Fsp3) is 0.154. The molecule has 0 saturated heterocycles. The molecule has 0 aliphatic rings. The minimum Gasteiger partial charge on any atom is -0.491 e. The lowest BCUT2D eigenvalue weighted by atomic mass is 10.1. The quantitative estimate of drug-likeness (QED) is 0.400. The van der Waals surface area contributed by atoms with Crippen molar-refractivity contribution in [3.63, 3.8) is 0 Å². The summed E-state index contributed by atoms with van der Waals surface area (Å²) >= 11 is 0. The van der Waals surface area contributed by atoms with Gasteiger partial charge in [-0.05, 0) is 29.8 Å². The predicted molar refractivity (Wildman–Crippen MR) is 124 cm³/mol. The summed E-state index contributed by atoms with van der Waals surface area (Å²) in [5.41, 5.74) is 3.94. The molecule has 1 amide bonds. The number of amides is 1. The summed E-state index contributed by atoms with van der Waals surface area (Å²) in [6.45, 7) is 1.44. The van der Waals surface area contributed by atoms with Crippen LogP contribution in [0.3, 0.4) is 0 Å². The summed E-state index contributed by atoms with van der Waals surface area (Å²) in [4.78, 5) is 13.1. The third-order valence-electron chi connectivity index (χ3n) is 4.96. The Hall–Kier alpha value is -3.90. The van der Waals surface area contributed by atoms with Gasteiger partial charge in [-0.15, -0.1) is 0 Å². The Balaban J connectivity index is 1.51. The highest BCUT2D eigenvalue weighted by Crippen LogP contribution is 2.24. The van der Waals surface area contributed by atoms with Crippen LogP contribution in [-0.4, -0.2) is 36.0 Å². The number of carbonyl (C=O) groups excluding carboxylic acids is 1. The minimum atomic E-state index is -0.175. The molecule has 6 heteroatoms. The summed E-state index contributed by atoms with van der Waals surface area (Å²) < 4.78 is 12.3. The lowest BCUT2D eigenvalue weighted by Crippen LogP contribution is -2.23. The maximum atomic E-state index is 13.1. The molecule has 4 rings (SSSR count). The summed E-state index contributed by atoms with van der Waals surface area (Å²) in [5, 5.41) is 7.71. The third kappa shape index (κ3) is 5.22. The predicted octanol–water partition coefficient (Wildman–Crippen LogP) is 4.49. The highest BCUT2D eigenvalue weighted by molar-refractivity contribution is 5.99. The second kappa shape index (κ2) is 10.4. The van der Waals surface area contributed by atoms with Crippen molar-refractivity contribution in [1.82, 2.24) is 15.1 Å². The smallest absolute Gasteiger partial charge is 0.255 e. The minimum absolute atomic E-state index is 0.175. The van der Waals surface area contributed by atoms with E-state index in [9.17, 15) is 4.79 Å². The molecule has 1 aromatic heterocycles. The molecular weight excluding hydrogens is 402 g/mol. The number of benzene rings is 3. The molecule has 0 saturated carbocycles. The van der Waals surface area contributed by atoms with Gasteiger partial charge in [-0.1, -0.05) is 60.7 Å². The highest BCUT2D eigenvalue weighted by Gasteiger charge is 2.18. The van der Waals surface area contributed by atoms with Crippen molar-refractivity contribution in [2.75, 3.05) is 20.3 Å². The van der Waals surface area contributed by atoms with E-state index in [1.54, 1.807) is 18.0 Å². The van der Waals surface area contributed by atoms with E-state index in [1.165, 1.54) is 0 Å². The number of hydrogen-bond donors (Lipinski definition) is 1. The number of para-hydroxylation sites is 1. The molecule has 0 radical (unpaired) electrons. The fourth-order valence-corrected chi connectivity index (χ4v) is 3.29. The molecular formula is C26H25N3O3. The van der Waals surface area contributed by atoms with Crippen LogP contribution in [0, 0.1) is 0 Å². The Bertz CT molecular complexity index is 1140. The lowest BCUT2D eigenvalue weighted by molar-refractivity contribution is 0.0951. The first-order valence-electron chi connectivity index (χ1n) is 10.4. The van der Waals surface area contributed by atoms with E-state index in [0.717, 1.165) is 22.6 Å².